The zero-order valence-electron chi connectivity index (χ0n) is 7.59. The Labute approximate surface area is 78.2 Å². The molecule has 0 fully saturated rings. The van der Waals surface area contributed by atoms with Crippen molar-refractivity contribution in [3.63, 3.8) is 0 Å². The average molecular weight is 178 g/mol. The van der Waals surface area contributed by atoms with Gasteiger partial charge in [-0.2, -0.15) is 0 Å². The molecule has 0 unspecified atom stereocenters. The minimum atomic E-state index is -0.791. The summed E-state index contributed by atoms with van der Waals surface area (Å²) >= 11 is 0. The van der Waals surface area contributed by atoms with Crippen LogP contribution in [0.3, 0.4) is 0 Å². The summed E-state index contributed by atoms with van der Waals surface area (Å²) in [7, 11) is 0. The minimum absolute atomic E-state index is 0.722. The van der Waals surface area contributed by atoms with Gasteiger partial charge in [0.05, 0.1) is 12.2 Å². The van der Waals surface area contributed by atoms with Crippen LogP contribution in [0.25, 0.3) is 6.08 Å². The Kier molecular flexibility index (Phi) is 3.68. The van der Waals surface area contributed by atoms with Crippen molar-refractivity contribution in [1.29, 1.82) is 0 Å². The van der Waals surface area contributed by atoms with E-state index in [1.807, 2.05) is 30.3 Å². The predicted molar refractivity (Wildman–Crippen MR) is 53.2 cm³/mol. The quantitative estimate of drug-likeness (QED) is 0.735. The second-order valence-corrected chi connectivity index (χ2v) is 3.00. The molecule has 0 saturated carbocycles. The van der Waals surface area contributed by atoms with Gasteiger partial charge in [-0.25, -0.2) is 0 Å². The van der Waals surface area contributed by atoms with Gasteiger partial charge in [0, 0.05) is 0 Å². The maximum Gasteiger partial charge on any atom is 0.0980 e. The van der Waals surface area contributed by atoms with Crippen molar-refractivity contribution in [3.8, 4) is 0 Å². The maximum absolute atomic E-state index is 9.25. The Balaban J connectivity index is 2.59. The third-order valence-electron chi connectivity index (χ3n) is 1.78. The van der Waals surface area contributed by atoms with Crippen molar-refractivity contribution in [2.24, 2.45) is 0 Å². The van der Waals surface area contributed by atoms with E-state index in [-0.39, 0.29) is 0 Å². The zero-order chi connectivity index (χ0) is 9.68. The fourth-order valence-corrected chi connectivity index (χ4v) is 0.935. The fourth-order valence-electron chi connectivity index (χ4n) is 0.935. The summed E-state index contributed by atoms with van der Waals surface area (Å²) in [6.07, 6.45) is 1.86. The molecular weight excluding hydrogens is 164 g/mol. The summed E-state index contributed by atoms with van der Waals surface area (Å²) < 4.78 is 0. The first-order valence-corrected chi connectivity index (χ1v) is 4.29. The Morgan fingerprint density at radius 2 is 1.77 bits per heavy atom. The molecule has 0 aromatic heterocycles. The van der Waals surface area contributed by atoms with Gasteiger partial charge in [-0.1, -0.05) is 42.5 Å². The summed E-state index contributed by atoms with van der Waals surface area (Å²) in [5, 5.41) is 18.2. The van der Waals surface area contributed by atoms with Gasteiger partial charge in [0.1, 0.15) is 0 Å². The molecule has 2 heteroatoms. The second kappa shape index (κ2) is 4.80. The lowest BCUT2D eigenvalue weighted by Gasteiger charge is -2.07. The molecule has 2 nitrogen and oxygen atoms in total. The molecule has 1 aromatic rings. The van der Waals surface area contributed by atoms with E-state index in [0.29, 0.717) is 0 Å². The highest BCUT2D eigenvalue weighted by Crippen LogP contribution is 2.03. The lowest BCUT2D eigenvalue weighted by molar-refractivity contribution is 0.0624. The van der Waals surface area contributed by atoms with Gasteiger partial charge in [0.15, 0.2) is 0 Å². The Bertz CT molecular complexity index is 265. The number of hydrogen-bond donors (Lipinski definition) is 2. The van der Waals surface area contributed by atoms with Crippen molar-refractivity contribution < 1.29 is 10.2 Å². The first kappa shape index (κ1) is 9.96. The van der Waals surface area contributed by atoms with Crippen molar-refractivity contribution in [2.75, 3.05) is 0 Å². The normalized spacial score (nSPS) is 15.9. The monoisotopic (exact) mass is 178 g/mol. The molecule has 0 spiro atoms. The van der Waals surface area contributed by atoms with Gasteiger partial charge < -0.3 is 10.2 Å². The molecule has 2 atom stereocenters. The number of hydrogen-bond acceptors (Lipinski definition) is 2. The van der Waals surface area contributed by atoms with Crippen LogP contribution in [0.2, 0.25) is 0 Å². The third-order valence-corrected chi connectivity index (χ3v) is 1.78. The highest BCUT2D eigenvalue weighted by Gasteiger charge is 2.04. The highest BCUT2D eigenvalue weighted by atomic mass is 16.3. The van der Waals surface area contributed by atoms with Crippen LogP contribution in [0.1, 0.15) is 12.5 Å². The van der Waals surface area contributed by atoms with Gasteiger partial charge in [0.2, 0.25) is 0 Å². The molecule has 70 valence electrons. The standard InChI is InChI=1S/C11H14O2/c1-9(12)11(13)8-7-10-5-3-2-4-6-10/h2-9,11-13H,1H3/b8-7+/t9-,11+/m0/s1. The largest absolute Gasteiger partial charge is 0.390 e. The second-order valence-electron chi connectivity index (χ2n) is 3.00. The molecule has 13 heavy (non-hydrogen) atoms. The maximum atomic E-state index is 9.25. The summed E-state index contributed by atoms with van der Waals surface area (Å²) in [6, 6.07) is 9.65. The van der Waals surface area contributed by atoms with E-state index in [9.17, 15) is 5.11 Å². The predicted octanol–water partition coefficient (Wildman–Crippen LogP) is 1.44. The van der Waals surface area contributed by atoms with Gasteiger partial charge in [-0.3, -0.25) is 0 Å². The summed E-state index contributed by atoms with van der Waals surface area (Å²) in [5.41, 5.74) is 1.02. The van der Waals surface area contributed by atoms with Crippen LogP contribution in [0.4, 0.5) is 0 Å². The van der Waals surface area contributed by atoms with Crippen LogP contribution in [-0.4, -0.2) is 22.4 Å². The van der Waals surface area contributed by atoms with Crippen molar-refractivity contribution in [1.82, 2.24) is 0 Å². The molecule has 0 bridgehead atoms. The average Bonchev–Trinajstić information content (AvgIpc) is 2.15. The zero-order valence-corrected chi connectivity index (χ0v) is 7.59. The molecule has 0 aliphatic carbocycles. The topological polar surface area (TPSA) is 40.5 Å². The smallest absolute Gasteiger partial charge is 0.0980 e. The van der Waals surface area contributed by atoms with Crippen LogP contribution in [-0.2, 0) is 0 Å². The molecule has 0 radical (unpaired) electrons. The summed E-state index contributed by atoms with van der Waals surface area (Å²) in [4.78, 5) is 0. The fraction of sp³-hybridized carbons (Fsp3) is 0.273. The van der Waals surface area contributed by atoms with Gasteiger partial charge in [0.25, 0.3) is 0 Å². The molecule has 1 rings (SSSR count). The lowest BCUT2D eigenvalue weighted by atomic mass is 10.1. The van der Waals surface area contributed by atoms with Crippen LogP contribution < -0.4 is 0 Å². The molecular formula is C11H14O2. The Morgan fingerprint density at radius 3 is 2.31 bits per heavy atom. The highest BCUT2D eigenvalue weighted by molar-refractivity contribution is 5.49. The summed E-state index contributed by atoms with van der Waals surface area (Å²) in [6.45, 7) is 1.56. The van der Waals surface area contributed by atoms with Gasteiger partial charge in [-0.05, 0) is 12.5 Å². The van der Waals surface area contributed by atoms with Crippen molar-refractivity contribution >= 4 is 6.08 Å². The van der Waals surface area contributed by atoms with E-state index < -0.39 is 12.2 Å². The molecule has 0 saturated heterocycles. The summed E-state index contributed by atoms with van der Waals surface area (Å²) in [5.74, 6) is 0. The number of aliphatic hydroxyl groups is 2. The van der Waals surface area contributed by atoms with E-state index in [4.69, 9.17) is 5.11 Å². The minimum Gasteiger partial charge on any atom is -0.390 e. The Hall–Kier alpha value is -1.12. The van der Waals surface area contributed by atoms with Crippen LogP contribution >= 0.6 is 0 Å². The first-order chi connectivity index (χ1) is 6.20. The van der Waals surface area contributed by atoms with Crippen molar-refractivity contribution in [2.45, 2.75) is 19.1 Å². The van der Waals surface area contributed by atoms with E-state index >= 15 is 0 Å². The van der Waals surface area contributed by atoms with E-state index in [0.717, 1.165) is 5.56 Å². The molecule has 0 amide bonds. The van der Waals surface area contributed by atoms with E-state index in [2.05, 4.69) is 0 Å². The molecule has 1 aromatic carbocycles. The van der Waals surface area contributed by atoms with E-state index in [1.165, 1.54) is 0 Å². The van der Waals surface area contributed by atoms with Crippen LogP contribution in [0.5, 0.6) is 0 Å². The molecule has 0 heterocycles. The SMILES string of the molecule is C[C@H](O)[C@H](O)/C=C/c1ccccc1. The molecule has 0 aliphatic rings. The number of aliphatic hydroxyl groups excluding tert-OH is 2. The van der Waals surface area contributed by atoms with Crippen molar-refractivity contribution in [3.05, 3.63) is 42.0 Å². The number of rotatable bonds is 3. The van der Waals surface area contributed by atoms with E-state index in [1.54, 1.807) is 19.1 Å². The molecule has 2 N–H and O–H groups in total. The molecule has 0 aliphatic heterocycles. The third kappa shape index (κ3) is 3.40. The van der Waals surface area contributed by atoms with Gasteiger partial charge >= 0.3 is 0 Å². The lowest BCUT2D eigenvalue weighted by Crippen LogP contribution is -2.19. The first-order valence-electron chi connectivity index (χ1n) is 4.29. The Morgan fingerprint density at radius 1 is 1.15 bits per heavy atom. The van der Waals surface area contributed by atoms with Gasteiger partial charge in [-0.15, -0.1) is 0 Å². The number of benzene rings is 1. The van der Waals surface area contributed by atoms with Crippen LogP contribution in [0.15, 0.2) is 36.4 Å². The van der Waals surface area contributed by atoms with Crippen LogP contribution in [0, 0.1) is 0 Å².